The van der Waals surface area contributed by atoms with E-state index in [4.69, 9.17) is 0 Å². The summed E-state index contributed by atoms with van der Waals surface area (Å²) in [5.41, 5.74) is -0.513. The monoisotopic (exact) mass is 610 g/mol. The molecule has 4 rings (SSSR count). The van der Waals surface area contributed by atoms with E-state index in [1.807, 2.05) is 25.5 Å². The fourth-order valence-corrected chi connectivity index (χ4v) is 6.51. The van der Waals surface area contributed by atoms with Crippen molar-refractivity contribution in [1.82, 2.24) is 15.0 Å². The van der Waals surface area contributed by atoms with Crippen molar-refractivity contribution in [3.63, 3.8) is 0 Å². The third-order valence-electron chi connectivity index (χ3n) is 5.59. The van der Waals surface area contributed by atoms with E-state index in [-0.39, 0.29) is 29.3 Å². The summed E-state index contributed by atoms with van der Waals surface area (Å²) in [5, 5.41) is 0.632. The van der Waals surface area contributed by atoms with Gasteiger partial charge in [0.25, 0.3) is 10.0 Å². The summed E-state index contributed by atoms with van der Waals surface area (Å²) in [7, 11) is -8.09. The van der Waals surface area contributed by atoms with E-state index in [0.717, 1.165) is 30.5 Å². The summed E-state index contributed by atoms with van der Waals surface area (Å²) in [5.74, 6) is -3.54. The van der Waals surface area contributed by atoms with Gasteiger partial charge in [-0.25, -0.2) is 45.0 Å². The Morgan fingerprint density at radius 1 is 0.925 bits per heavy atom. The lowest BCUT2D eigenvalue weighted by molar-refractivity contribution is 0.521. The van der Waals surface area contributed by atoms with Crippen LogP contribution in [0.1, 0.15) is 31.6 Å². The van der Waals surface area contributed by atoms with Crippen molar-refractivity contribution >= 4 is 36.9 Å². The molecule has 0 unspecified atom stereocenters. The Kier molecular flexibility index (Phi) is 8.07. The molecule has 0 atom stereocenters. The van der Waals surface area contributed by atoms with Gasteiger partial charge in [-0.1, -0.05) is 32.9 Å². The Morgan fingerprint density at radius 2 is 1.57 bits per heavy atom. The number of sulfonamides is 1. The maximum atomic E-state index is 15.9. The molecule has 0 fully saturated rings. The summed E-state index contributed by atoms with van der Waals surface area (Å²) < 4.78 is 95.1. The Bertz CT molecular complexity index is 1780. The van der Waals surface area contributed by atoms with Gasteiger partial charge in [0, 0.05) is 29.9 Å². The zero-order chi connectivity index (χ0) is 29.5. The minimum atomic E-state index is -4.83. The van der Waals surface area contributed by atoms with Gasteiger partial charge in [0.05, 0.1) is 32.7 Å². The summed E-state index contributed by atoms with van der Waals surface area (Å²) in [4.78, 5) is 12.5. The second-order valence-corrected chi connectivity index (χ2v) is 14.9. The summed E-state index contributed by atoms with van der Waals surface area (Å²) in [6, 6.07) is 8.07. The molecular weight excluding hydrogens is 586 g/mol. The highest BCUT2D eigenvalue weighted by atomic mass is 32.2. The predicted molar refractivity (Wildman–Crippen MR) is 148 cm³/mol. The fourth-order valence-electron chi connectivity index (χ4n) is 3.65. The lowest BCUT2D eigenvalue weighted by atomic mass is 9.98. The molecule has 8 nitrogen and oxygen atoms in total. The average molecular weight is 611 g/mol. The highest BCUT2D eigenvalue weighted by molar-refractivity contribution is 7.92. The first-order valence-electron chi connectivity index (χ1n) is 11.8. The van der Waals surface area contributed by atoms with Crippen LogP contribution in [0.4, 0.5) is 18.9 Å². The molecule has 212 valence electrons. The van der Waals surface area contributed by atoms with E-state index in [1.54, 1.807) is 6.07 Å². The maximum Gasteiger partial charge on any atom is 0.267 e. The van der Waals surface area contributed by atoms with Crippen LogP contribution >= 0.6 is 11.3 Å². The summed E-state index contributed by atoms with van der Waals surface area (Å²) >= 11 is 1.25. The molecule has 4 aromatic rings. The highest BCUT2D eigenvalue weighted by Gasteiger charge is 2.28. The Balaban J connectivity index is 1.82. The molecule has 0 spiro atoms. The van der Waals surface area contributed by atoms with E-state index in [0.29, 0.717) is 15.6 Å². The maximum absolute atomic E-state index is 15.9. The van der Waals surface area contributed by atoms with Crippen molar-refractivity contribution in [1.29, 1.82) is 0 Å². The number of benzene rings is 2. The van der Waals surface area contributed by atoms with Gasteiger partial charge in [-0.15, -0.1) is 11.3 Å². The van der Waals surface area contributed by atoms with Crippen LogP contribution in [0.5, 0.6) is 0 Å². The highest BCUT2D eigenvalue weighted by Crippen LogP contribution is 2.42. The van der Waals surface area contributed by atoms with Crippen molar-refractivity contribution in [2.45, 2.75) is 37.5 Å². The van der Waals surface area contributed by atoms with Crippen molar-refractivity contribution < 1.29 is 30.0 Å². The average Bonchev–Trinajstić information content (AvgIpc) is 3.29. The smallest absolute Gasteiger partial charge is 0.267 e. The molecule has 14 heteroatoms. The predicted octanol–water partition coefficient (Wildman–Crippen LogP) is 5.37. The van der Waals surface area contributed by atoms with Crippen molar-refractivity contribution in [3.05, 3.63) is 76.9 Å². The molecule has 1 N–H and O–H groups in total. The van der Waals surface area contributed by atoms with Crippen LogP contribution in [0.2, 0.25) is 0 Å². The summed E-state index contributed by atoms with van der Waals surface area (Å²) in [6.07, 6.45) is 2.65. The number of hydrogen-bond acceptors (Lipinski definition) is 8. The number of nitrogens with one attached hydrogen (secondary N) is 1. The minimum Gasteiger partial charge on any atom is -0.276 e. The molecule has 2 aromatic carbocycles. The molecule has 0 aliphatic rings. The first-order valence-corrected chi connectivity index (χ1v) is 16.2. The molecule has 0 radical (unpaired) electrons. The van der Waals surface area contributed by atoms with E-state index >= 15 is 4.39 Å². The van der Waals surface area contributed by atoms with Crippen LogP contribution in [0, 0.1) is 17.5 Å². The number of aryl methyl sites for hydroxylation is 1. The van der Waals surface area contributed by atoms with Gasteiger partial charge in [-0.3, -0.25) is 4.72 Å². The SMILES string of the molecule is CC(C)(C)c1nc(-c2cccc(NS(=O)(=O)c3c(F)cccc3F)c2F)c(-c2ccnc(CCS(C)(=O)=O)n2)s1. The Morgan fingerprint density at radius 3 is 2.20 bits per heavy atom. The zero-order valence-corrected chi connectivity index (χ0v) is 24.3. The zero-order valence-electron chi connectivity index (χ0n) is 21.9. The van der Waals surface area contributed by atoms with E-state index in [2.05, 4.69) is 15.0 Å². The molecular formula is C26H25F3N4O4S3. The lowest BCUT2D eigenvalue weighted by Gasteiger charge is -2.14. The molecule has 2 heterocycles. The second-order valence-electron chi connectivity index (χ2n) is 10.0. The summed E-state index contributed by atoms with van der Waals surface area (Å²) in [6.45, 7) is 5.75. The molecule has 0 saturated carbocycles. The number of sulfone groups is 1. The van der Waals surface area contributed by atoms with E-state index in [1.165, 1.54) is 29.7 Å². The Hall–Kier alpha value is -3.36. The number of nitrogens with zero attached hydrogens (tertiary/aromatic N) is 3. The normalized spacial score (nSPS) is 12.5. The van der Waals surface area contributed by atoms with Gasteiger partial charge in [0.15, 0.2) is 10.7 Å². The van der Waals surface area contributed by atoms with Crippen LogP contribution in [0.3, 0.4) is 0 Å². The molecule has 0 aliphatic carbocycles. The van der Waals surface area contributed by atoms with Crippen molar-refractivity contribution in [2.24, 2.45) is 0 Å². The third-order valence-corrected chi connectivity index (χ3v) is 9.45. The molecule has 0 amide bonds. The number of halogens is 3. The van der Waals surface area contributed by atoms with Gasteiger partial charge in [0.2, 0.25) is 0 Å². The number of anilines is 1. The van der Waals surface area contributed by atoms with E-state index < -0.39 is 53.3 Å². The minimum absolute atomic E-state index is 0.0746. The fraction of sp³-hybridized carbons (Fsp3) is 0.269. The molecule has 40 heavy (non-hydrogen) atoms. The van der Waals surface area contributed by atoms with Crippen LogP contribution in [0.15, 0.2) is 53.6 Å². The largest absolute Gasteiger partial charge is 0.276 e. The third kappa shape index (κ3) is 6.50. The van der Waals surface area contributed by atoms with Crippen molar-refractivity contribution in [2.75, 3.05) is 16.7 Å². The van der Waals surface area contributed by atoms with E-state index in [9.17, 15) is 25.6 Å². The lowest BCUT2D eigenvalue weighted by Crippen LogP contribution is -2.17. The van der Waals surface area contributed by atoms with Crippen LogP contribution in [-0.2, 0) is 31.7 Å². The van der Waals surface area contributed by atoms with Crippen LogP contribution in [0.25, 0.3) is 21.8 Å². The number of rotatable bonds is 8. The number of thiazole rings is 1. The van der Waals surface area contributed by atoms with Crippen LogP contribution in [-0.4, -0.2) is 43.8 Å². The number of aromatic nitrogens is 3. The topological polar surface area (TPSA) is 119 Å². The Labute approximate surface area is 234 Å². The van der Waals surface area contributed by atoms with Gasteiger partial charge < -0.3 is 0 Å². The van der Waals surface area contributed by atoms with Crippen LogP contribution < -0.4 is 4.72 Å². The first-order chi connectivity index (χ1) is 18.6. The number of hydrogen-bond donors (Lipinski definition) is 1. The quantitative estimate of drug-likeness (QED) is 0.285. The standard InChI is InChI=1S/C26H25F3N4O4S3/c1-26(2,3)25-32-22(23(38-25)19-11-13-30-20(31-19)12-14-39(4,34)35)15-7-5-10-18(21(15)29)33-40(36,37)24-16(27)8-6-9-17(24)28/h5-11,13,33H,12,14H2,1-4H3. The van der Waals surface area contributed by atoms with Gasteiger partial charge >= 0.3 is 0 Å². The van der Waals surface area contributed by atoms with Gasteiger partial charge in [-0.2, -0.15) is 0 Å². The molecule has 0 saturated heterocycles. The van der Waals surface area contributed by atoms with Gasteiger partial charge in [-0.05, 0) is 30.3 Å². The molecule has 0 bridgehead atoms. The second kappa shape index (κ2) is 10.9. The molecule has 2 aromatic heterocycles. The first kappa shape index (κ1) is 29.6. The molecule has 0 aliphatic heterocycles. The van der Waals surface area contributed by atoms with Gasteiger partial charge in [0.1, 0.15) is 27.3 Å². The van der Waals surface area contributed by atoms with Crippen molar-refractivity contribution in [3.8, 4) is 21.8 Å².